The number of guanidine groups is 1. The number of nitrogens with one attached hydrogen (secondary N) is 11. The molecular formula is C51H76N16O17S4. The summed E-state index contributed by atoms with van der Waals surface area (Å²) >= 11 is 0. The van der Waals surface area contributed by atoms with Gasteiger partial charge in [-0.15, -0.1) is 5.10 Å². The van der Waals surface area contributed by atoms with Crippen molar-refractivity contribution < 1.29 is 82.3 Å². The van der Waals surface area contributed by atoms with Crippen molar-refractivity contribution in [3.63, 3.8) is 0 Å². The molecule has 37 heteroatoms. The number of benzene rings is 1. The third-order valence-electron chi connectivity index (χ3n) is 12.7. The van der Waals surface area contributed by atoms with Gasteiger partial charge in [0.05, 0.1) is 56.0 Å². The number of hydrogen-bond acceptors (Lipinski definition) is 22. The quantitative estimate of drug-likeness (QED) is 0.0218. The normalized spacial score (nSPS) is 22.8. The molecule has 0 aliphatic carbocycles. The molecule has 1 aromatic heterocycles. The summed E-state index contributed by atoms with van der Waals surface area (Å²) < 4.78 is 13.4. The van der Waals surface area contributed by atoms with Crippen LogP contribution in [0.2, 0.25) is 0 Å². The minimum atomic E-state index is -2.00. The molecule has 2 saturated heterocycles. The minimum absolute atomic E-state index is 0.00380. The standard InChI is InChI=1S/C51H76N16O17S4/c1-50(2,25-52)84-26-51(3,4)83-16-15-67-21-28(65-66-67)12-13-36(68)58-33-22-85-86-24-35(48(81)82)63-41(75)30(17-27-9-6-5-7-10-27)60-45(79)34-23-87-88-47(64-43(77)32(19-39(72)73)61-44(33)78)46(80)59-29(11-8-14-55-49(53)54)40(74)56-20-37(69)57-31(18-38(70)71)42(76)62-34/h5-7,9-10,21,29-35,47H,8,11-20,22-26,52H2,1-4H3,(H,56,74)(H,57,69)(H,58,68)(H,59,80)(H,60,79)(H,61,78)(H,62,76)(H,63,75)(H,64,77)(H,70,71)(H,72,73)(H,81,82)(H4,53,54,55)/t29-,30-,31-,32-,33-,34-,35-,47?/m1/s1. The van der Waals surface area contributed by atoms with Crippen molar-refractivity contribution in [2.24, 2.45) is 11.5 Å². The van der Waals surface area contributed by atoms with E-state index in [4.69, 9.17) is 26.4 Å². The van der Waals surface area contributed by atoms with Gasteiger partial charge in [-0.25, -0.2) is 9.48 Å². The number of fused-ring (bicyclic) bond motifs is 4. The first-order chi connectivity index (χ1) is 41.5. The number of aliphatic carboxylic acids is 3. The van der Waals surface area contributed by atoms with Gasteiger partial charge in [0.25, 0.3) is 5.91 Å². The van der Waals surface area contributed by atoms with Crippen LogP contribution in [0.3, 0.4) is 0 Å². The molecule has 33 nitrogen and oxygen atoms in total. The SMILES string of the molecule is CC(C)(CN)OCC(C)(C)OCCn1cc(CCC(=O)N[C@@H]2CSSC[C@H](C(=O)O)NC(=O)[C@@H](Cc3ccccc3)NC(=O)[C@H]3CSSC(NC(=O)[C@@H](CC(=O)O)NC2=O)C(=O)N[C@H](CCCNC(=N)N)C(=O)NCC(=O)N[C@H](CC(=O)O)C(=O)N3)nn1. The van der Waals surface area contributed by atoms with E-state index in [9.17, 15) is 72.9 Å². The maximum absolute atomic E-state index is 14.5. The van der Waals surface area contributed by atoms with Crippen LogP contribution in [0.25, 0.3) is 0 Å². The van der Waals surface area contributed by atoms with Crippen LogP contribution in [0.15, 0.2) is 36.5 Å². The average Bonchev–Trinajstić information content (AvgIpc) is 3.96. The first kappa shape index (κ1) is 73.0. The van der Waals surface area contributed by atoms with E-state index >= 15 is 0 Å². The fourth-order valence-corrected chi connectivity index (χ4v) is 12.4. The molecule has 2 fully saturated rings. The molecule has 0 spiro atoms. The Labute approximate surface area is 521 Å². The van der Waals surface area contributed by atoms with Gasteiger partial charge in [-0.05, 0) is 46.1 Å². The summed E-state index contributed by atoms with van der Waals surface area (Å²) in [6.45, 7) is 7.60. The smallest absolute Gasteiger partial charge is 0.327 e. The molecule has 18 N–H and O–H groups in total. The Kier molecular flexibility index (Phi) is 30.0. The fraction of sp³-hybridized carbons (Fsp3) is 0.588. The molecule has 9 amide bonds. The van der Waals surface area contributed by atoms with E-state index in [1.54, 1.807) is 36.5 Å². The maximum atomic E-state index is 14.5. The average molecular weight is 1310 g/mol. The summed E-state index contributed by atoms with van der Waals surface area (Å²) in [6, 6.07) is -3.88. The van der Waals surface area contributed by atoms with Crippen molar-refractivity contribution in [2.45, 2.75) is 138 Å². The third-order valence-corrected chi connectivity index (χ3v) is 17.6. The summed E-state index contributed by atoms with van der Waals surface area (Å²) in [6.07, 6.45) is -1.26. The zero-order chi connectivity index (χ0) is 65.1. The van der Waals surface area contributed by atoms with E-state index in [1.807, 2.05) is 27.7 Å². The highest BCUT2D eigenvalue weighted by molar-refractivity contribution is 8.77. The molecule has 486 valence electrons. The number of carboxylic acids is 3. The van der Waals surface area contributed by atoms with Crippen molar-refractivity contribution in [3.8, 4) is 0 Å². The number of aryl methyl sites for hydroxylation is 1. The summed E-state index contributed by atoms with van der Waals surface area (Å²) in [5, 5.41) is 67.9. The van der Waals surface area contributed by atoms with Gasteiger partial charge in [-0.2, -0.15) is 0 Å². The largest absolute Gasteiger partial charge is 0.481 e. The van der Waals surface area contributed by atoms with E-state index in [0.717, 1.165) is 21.6 Å². The van der Waals surface area contributed by atoms with Gasteiger partial charge in [-0.1, -0.05) is 78.7 Å². The number of rotatable bonds is 23. The molecular weight excluding hydrogens is 1240 g/mol. The molecule has 2 aliphatic heterocycles. The van der Waals surface area contributed by atoms with E-state index in [2.05, 4.69) is 63.5 Å². The Bertz CT molecular complexity index is 2800. The van der Waals surface area contributed by atoms with Crippen LogP contribution in [0, 0.1) is 5.41 Å². The number of nitrogens with zero attached hydrogens (tertiary/aromatic N) is 3. The maximum Gasteiger partial charge on any atom is 0.327 e. The Hall–Kier alpha value is -7.45. The van der Waals surface area contributed by atoms with Gasteiger partial charge in [0.1, 0.15) is 42.3 Å². The van der Waals surface area contributed by atoms with Gasteiger partial charge < -0.3 is 89.4 Å². The summed E-state index contributed by atoms with van der Waals surface area (Å²) in [5.74, 6) is -16.2. The Morgan fingerprint density at radius 2 is 1.38 bits per heavy atom. The predicted molar refractivity (Wildman–Crippen MR) is 322 cm³/mol. The number of nitrogens with two attached hydrogens (primary N) is 2. The lowest BCUT2D eigenvalue weighted by Crippen LogP contribution is -2.60. The molecule has 3 heterocycles. The number of hydrogen-bond donors (Lipinski definition) is 16. The molecule has 88 heavy (non-hydrogen) atoms. The summed E-state index contributed by atoms with van der Waals surface area (Å²) in [5.41, 5.74) is 10.8. The van der Waals surface area contributed by atoms with Crippen LogP contribution >= 0.6 is 43.2 Å². The number of carbonyl (C=O) groups is 12. The number of ether oxygens (including phenoxy) is 2. The molecule has 0 radical (unpaired) electrons. The molecule has 0 saturated carbocycles. The van der Waals surface area contributed by atoms with Gasteiger partial charge >= 0.3 is 17.9 Å². The fourth-order valence-electron chi connectivity index (χ4n) is 7.76. The zero-order valence-electron chi connectivity index (χ0n) is 48.6. The van der Waals surface area contributed by atoms with Crippen LogP contribution in [-0.4, -0.2) is 216 Å². The molecule has 2 aromatic rings. The van der Waals surface area contributed by atoms with Crippen LogP contribution in [-0.2, 0) is 86.4 Å². The highest BCUT2D eigenvalue weighted by atomic mass is 33.1. The monoisotopic (exact) mass is 1310 g/mol. The van der Waals surface area contributed by atoms with Crippen molar-refractivity contribution in [2.75, 3.05) is 50.1 Å². The van der Waals surface area contributed by atoms with Crippen molar-refractivity contribution in [1.82, 2.24) is 68.2 Å². The highest BCUT2D eigenvalue weighted by Gasteiger charge is 2.37. The number of carbonyl (C=O) groups excluding carboxylic acids is 9. The topological polar surface area (TPSA) is 511 Å². The van der Waals surface area contributed by atoms with Crippen molar-refractivity contribution >= 4 is 120 Å². The van der Waals surface area contributed by atoms with E-state index < -0.39 is 167 Å². The predicted octanol–water partition coefficient (Wildman–Crippen LogP) is -3.96. The van der Waals surface area contributed by atoms with E-state index in [1.165, 1.54) is 4.68 Å². The Morgan fingerprint density at radius 3 is 2.03 bits per heavy atom. The van der Waals surface area contributed by atoms with Crippen molar-refractivity contribution in [1.29, 1.82) is 5.41 Å². The first-order valence-electron chi connectivity index (χ1n) is 27.4. The van der Waals surface area contributed by atoms with Crippen LogP contribution < -0.4 is 64.6 Å². The first-order valence-corrected chi connectivity index (χ1v) is 32.3. The second-order valence-electron chi connectivity index (χ2n) is 21.1. The van der Waals surface area contributed by atoms with Gasteiger partial charge in [0.2, 0.25) is 47.3 Å². The lowest BCUT2D eigenvalue weighted by molar-refractivity contribution is -0.142. The Morgan fingerprint density at radius 1 is 0.739 bits per heavy atom. The van der Waals surface area contributed by atoms with Gasteiger partial charge in [-0.3, -0.25) is 58.1 Å². The van der Waals surface area contributed by atoms with E-state index in [-0.39, 0.29) is 64.2 Å². The second kappa shape index (κ2) is 36.1. The molecule has 2 aliphatic rings. The van der Waals surface area contributed by atoms with Crippen molar-refractivity contribution in [3.05, 3.63) is 47.8 Å². The molecule has 1 aromatic carbocycles. The lowest BCUT2D eigenvalue weighted by Gasteiger charge is -2.31. The summed E-state index contributed by atoms with van der Waals surface area (Å²) in [4.78, 5) is 163. The highest BCUT2D eigenvalue weighted by Crippen LogP contribution is 2.28. The van der Waals surface area contributed by atoms with E-state index in [0.29, 0.717) is 39.4 Å². The van der Waals surface area contributed by atoms with Gasteiger partial charge in [0, 0.05) is 55.8 Å². The van der Waals surface area contributed by atoms with Crippen LogP contribution in [0.1, 0.15) is 71.1 Å². The second-order valence-corrected chi connectivity index (χ2v) is 26.2. The third kappa shape index (κ3) is 26.9. The lowest BCUT2D eigenvalue weighted by atomic mass is 10.0. The number of carboxylic acid groups (broad SMARTS) is 3. The van der Waals surface area contributed by atoms with Crippen LogP contribution in [0.5, 0.6) is 0 Å². The number of aromatic nitrogens is 3. The molecule has 1 unspecified atom stereocenters. The molecule has 2 bridgehead atoms. The minimum Gasteiger partial charge on any atom is -0.481 e. The number of amides is 9. The molecule has 8 atom stereocenters. The Balaban J connectivity index is 1.73. The van der Waals surface area contributed by atoms with Gasteiger partial charge in [0.15, 0.2) is 11.3 Å². The summed E-state index contributed by atoms with van der Waals surface area (Å²) in [7, 11) is 2.79. The van der Waals surface area contributed by atoms with Crippen LogP contribution in [0.4, 0.5) is 0 Å². The zero-order valence-corrected chi connectivity index (χ0v) is 51.8. The molecule has 4 rings (SSSR count).